The predicted octanol–water partition coefficient (Wildman–Crippen LogP) is 2.27. The third-order valence-corrected chi connectivity index (χ3v) is 4.78. The van der Waals surface area contributed by atoms with Crippen LogP contribution in [-0.2, 0) is 0 Å². The molecule has 0 aliphatic carbocycles. The first-order valence-electron chi connectivity index (χ1n) is 9.10. The van der Waals surface area contributed by atoms with Crippen molar-refractivity contribution >= 4 is 17.3 Å². The number of quaternary nitrogens is 1. The van der Waals surface area contributed by atoms with Gasteiger partial charge in [0.2, 0.25) is 0 Å². The van der Waals surface area contributed by atoms with Gasteiger partial charge in [-0.2, -0.15) is 8.78 Å². The van der Waals surface area contributed by atoms with E-state index in [0.717, 1.165) is 38.4 Å². The standard InChI is InChI=1S/C20H23F2N3O2/c1-2-24-10-12-25(13-11-24)18-9-4-3-8-17(18)23-19(26)15-6-5-7-16(14-15)27-20(21)22/h3-9,14,20H,2,10-13H2,1H3,(H,23,26)/p+1. The van der Waals surface area contributed by atoms with Crippen molar-refractivity contribution in [2.75, 3.05) is 42.9 Å². The largest absolute Gasteiger partial charge is 0.435 e. The molecular formula is C20H24F2N3O2+. The quantitative estimate of drug-likeness (QED) is 0.813. The number of piperazine rings is 1. The number of halogens is 2. The van der Waals surface area contributed by atoms with Crippen molar-refractivity contribution in [1.29, 1.82) is 0 Å². The molecule has 0 bridgehead atoms. The maximum Gasteiger partial charge on any atom is 0.387 e. The van der Waals surface area contributed by atoms with Crippen LogP contribution in [0.1, 0.15) is 17.3 Å². The molecule has 27 heavy (non-hydrogen) atoms. The summed E-state index contributed by atoms with van der Waals surface area (Å²) in [5.41, 5.74) is 1.95. The molecule has 0 unspecified atom stereocenters. The van der Waals surface area contributed by atoms with Crippen molar-refractivity contribution in [2.24, 2.45) is 0 Å². The Hall–Kier alpha value is -2.67. The Morgan fingerprint density at radius 3 is 2.63 bits per heavy atom. The molecule has 2 aromatic rings. The minimum atomic E-state index is -2.92. The van der Waals surface area contributed by atoms with Gasteiger partial charge in [-0.3, -0.25) is 4.79 Å². The lowest BCUT2D eigenvalue weighted by atomic mass is 10.1. The Balaban J connectivity index is 1.73. The molecule has 1 heterocycles. The molecule has 1 fully saturated rings. The Morgan fingerprint density at radius 2 is 1.93 bits per heavy atom. The number of hydrogen-bond acceptors (Lipinski definition) is 3. The Bertz CT molecular complexity index is 777. The summed E-state index contributed by atoms with van der Waals surface area (Å²) in [6.07, 6.45) is 0. The zero-order valence-corrected chi connectivity index (χ0v) is 15.3. The number of rotatable bonds is 6. The molecule has 1 aliphatic heterocycles. The van der Waals surface area contributed by atoms with Crippen LogP contribution in [0.25, 0.3) is 0 Å². The fraction of sp³-hybridized carbons (Fsp3) is 0.350. The summed E-state index contributed by atoms with van der Waals surface area (Å²) >= 11 is 0. The van der Waals surface area contributed by atoms with Gasteiger partial charge in [0.1, 0.15) is 5.75 Å². The van der Waals surface area contributed by atoms with Gasteiger partial charge in [-0.05, 0) is 37.3 Å². The zero-order valence-electron chi connectivity index (χ0n) is 15.3. The highest BCUT2D eigenvalue weighted by atomic mass is 19.3. The van der Waals surface area contributed by atoms with Crippen molar-refractivity contribution in [2.45, 2.75) is 13.5 Å². The van der Waals surface area contributed by atoms with Crippen LogP contribution in [0.15, 0.2) is 48.5 Å². The zero-order chi connectivity index (χ0) is 19.2. The lowest BCUT2D eigenvalue weighted by Crippen LogP contribution is -3.14. The molecule has 1 amide bonds. The highest BCUT2D eigenvalue weighted by molar-refractivity contribution is 6.06. The Labute approximate surface area is 157 Å². The van der Waals surface area contributed by atoms with Gasteiger partial charge in [-0.15, -0.1) is 0 Å². The van der Waals surface area contributed by atoms with Crippen molar-refractivity contribution in [3.8, 4) is 5.75 Å². The van der Waals surface area contributed by atoms with Gasteiger partial charge in [-0.25, -0.2) is 0 Å². The van der Waals surface area contributed by atoms with E-state index in [0.29, 0.717) is 5.69 Å². The highest BCUT2D eigenvalue weighted by Gasteiger charge is 2.21. The summed E-state index contributed by atoms with van der Waals surface area (Å²) < 4.78 is 29.1. The van der Waals surface area contributed by atoms with Crippen LogP contribution in [0.3, 0.4) is 0 Å². The van der Waals surface area contributed by atoms with Gasteiger partial charge in [0, 0.05) is 5.56 Å². The number of likely N-dealkylation sites (N-methyl/N-ethyl adjacent to an activating group) is 1. The van der Waals surface area contributed by atoms with Gasteiger partial charge in [-0.1, -0.05) is 18.2 Å². The maximum atomic E-state index is 12.6. The first-order valence-corrected chi connectivity index (χ1v) is 9.10. The molecule has 2 N–H and O–H groups in total. The molecule has 3 rings (SSSR count). The van der Waals surface area contributed by atoms with E-state index in [-0.39, 0.29) is 17.2 Å². The third kappa shape index (κ3) is 4.95. The van der Waals surface area contributed by atoms with Crippen molar-refractivity contribution in [3.63, 3.8) is 0 Å². The second-order valence-electron chi connectivity index (χ2n) is 6.47. The Kier molecular flexibility index (Phi) is 6.24. The van der Waals surface area contributed by atoms with E-state index in [4.69, 9.17) is 0 Å². The molecule has 1 saturated heterocycles. The van der Waals surface area contributed by atoms with E-state index < -0.39 is 6.61 Å². The number of carbonyl (C=O) groups is 1. The van der Waals surface area contributed by atoms with Crippen LogP contribution in [0.5, 0.6) is 5.75 Å². The van der Waals surface area contributed by atoms with Gasteiger partial charge in [0.25, 0.3) is 5.91 Å². The maximum absolute atomic E-state index is 12.6. The molecular weight excluding hydrogens is 352 g/mol. The fourth-order valence-corrected chi connectivity index (χ4v) is 3.28. The van der Waals surface area contributed by atoms with E-state index in [2.05, 4.69) is 21.9 Å². The highest BCUT2D eigenvalue weighted by Crippen LogP contribution is 2.26. The van der Waals surface area contributed by atoms with E-state index >= 15 is 0 Å². The molecule has 144 valence electrons. The lowest BCUT2D eigenvalue weighted by molar-refractivity contribution is -0.898. The lowest BCUT2D eigenvalue weighted by Gasteiger charge is -2.34. The number of carbonyl (C=O) groups excluding carboxylic acids is 1. The predicted molar refractivity (Wildman–Crippen MR) is 101 cm³/mol. The third-order valence-electron chi connectivity index (χ3n) is 4.78. The summed E-state index contributed by atoms with van der Waals surface area (Å²) in [4.78, 5) is 16.5. The van der Waals surface area contributed by atoms with E-state index in [1.54, 1.807) is 11.0 Å². The van der Waals surface area contributed by atoms with Gasteiger partial charge < -0.3 is 19.9 Å². The van der Waals surface area contributed by atoms with Gasteiger partial charge >= 0.3 is 6.61 Å². The average Bonchev–Trinajstić information content (AvgIpc) is 2.68. The van der Waals surface area contributed by atoms with Crippen LogP contribution in [0.2, 0.25) is 0 Å². The summed E-state index contributed by atoms with van der Waals surface area (Å²) in [7, 11) is 0. The number of para-hydroxylation sites is 2. The average molecular weight is 376 g/mol. The van der Waals surface area contributed by atoms with Crippen molar-refractivity contribution in [1.82, 2.24) is 0 Å². The number of amides is 1. The number of nitrogens with one attached hydrogen (secondary N) is 2. The van der Waals surface area contributed by atoms with Crippen LogP contribution in [0, 0.1) is 0 Å². The molecule has 0 radical (unpaired) electrons. The monoisotopic (exact) mass is 376 g/mol. The number of alkyl halides is 2. The van der Waals surface area contributed by atoms with E-state index in [1.165, 1.54) is 18.2 Å². The van der Waals surface area contributed by atoms with Gasteiger partial charge in [0.05, 0.1) is 44.1 Å². The summed E-state index contributed by atoms with van der Waals surface area (Å²) in [5, 5.41) is 2.90. The number of benzene rings is 2. The summed E-state index contributed by atoms with van der Waals surface area (Å²) in [6.45, 7) is 4.35. The first kappa shape index (κ1) is 19.1. The normalized spacial score (nSPS) is 15.0. The van der Waals surface area contributed by atoms with Gasteiger partial charge in [0.15, 0.2) is 0 Å². The topological polar surface area (TPSA) is 46.0 Å². The molecule has 1 aliphatic rings. The second-order valence-corrected chi connectivity index (χ2v) is 6.47. The smallest absolute Gasteiger partial charge is 0.387 e. The molecule has 0 spiro atoms. The minimum absolute atomic E-state index is 0.0374. The summed E-state index contributed by atoms with van der Waals surface area (Å²) in [5.74, 6) is -0.399. The molecule has 7 heteroatoms. The number of anilines is 2. The molecule has 5 nitrogen and oxygen atoms in total. The van der Waals surface area contributed by atoms with Crippen LogP contribution in [0.4, 0.5) is 20.2 Å². The first-order chi connectivity index (χ1) is 13.1. The molecule has 2 aromatic carbocycles. The van der Waals surface area contributed by atoms with Crippen LogP contribution >= 0.6 is 0 Å². The minimum Gasteiger partial charge on any atom is -0.435 e. The van der Waals surface area contributed by atoms with E-state index in [9.17, 15) is 13.6 Å². The summed E-state index contributed by atoms with van der Waals surface area (Å²) in [6, 6.07) is 13.4. The number of ether oxygens (including phenoxy) is 1. The molecule has 0 saturated carbocycles. The molecule has 0 aromatic heterocycles. The van der Waals surface area contributed by atoms with E-state index in [1.807, 2.05) is 24.3 Å². The van der Waals surface area contributed by atoms with Crippen molar-refractivity contribution < 1.29 is 23.2 Å². The van der Waals surface area contributed by atoms with Crippen LogP contribution < -0.4 is 19.9 Å². The van der Waals surface area contributed by atoms with Crippen molar-refractivity contribution in [3.05, 3.63) is 54.1 Å². The number of hydrogen-bond donors (Lipinski definition) is 2. The Morgan fingerprint density at radius 1 is 1.19 bits per heavy atom. The second kappa shape index (κ2) is 8.81. The number of nitrogens with zero attached hydrogens (tertiary/aromatic N) is 1. The fourth-order valence-electron chi connectivity index (χ4n) is 3.28. The van der Waals surface area contributed by atoms with Crippen LogP contribution in [-0.4, -0.2) is 45.2 Å². The molecule has 0 atom stereocenters. The SMILES string of the molecule is CC[NH+]1CCN(c2ccccc2NC(=O)c2cccc(OC(F)F)c2)CC1.